The highest BCUT2D eigenvalue weighted by atomic mass is 16.5. The maximum Gasteiger partial charge on any atom is 0.333 e. The molecule has 0 aromatic rings. The quantitative estimate of drug-likeness (QED) is 0.732. The van der Waals surface area contributed by atoms with Crippen molar-refractivity contribution in [3.8, 4) is 0 Å². The number of carbonyl (C=O) groups excluding carboxylic acids is 1. The first-order chi connectivity index (χ1) is 7.16. The summed E-state index contributed by atoms with van der Waals surface area (Å²) in [6, 6.07) is 0. The second-order valence-corrected chi connectivity index (χ2v) is 3.82. The molecule has 1 unspecified atom stereocenters. The number of carboxylic acids is 1. The van der Waals surface area contributed by atoms with Crippen molar-refractivity contribution in [2.75, 3.05) is 13.2 Å². The molecule has 15 heavy (non-hydrogen) atoms. The van der Waals surface area contributed by atoms with Crippen molar-refractivity contribution >= 4 is 11.9 Å². The van der Waals surface area contributed by atoms with Gasteiger partial charge in [0.2, 0.25) is 5.91 Å². The first-order valence-corrected chi connectivity index (χ1v) is 5.02. The Morgan fingerprint density at radius 1 is 1.67 bits per heavy atom. The monoisotopic (exact) mass is 211 g/mol. The molecule has 1 fully saturated rings. The molecule has 0 aliphatic carbocycles. The largest absolute Gasteiger partial charge is 0.478 e. The molecule has 0 spiro atoms. The van der Waals surface area contributed by atoms with E-state index < -0.39 is 5.97 Å². The van der Waals surface area contributed by atoms with E-state index in [9.17, 15) is 9.59 Å². The van der Waals surface area contributed by atoms with E-state index in [0.717, 1.165) is 19.4 Å². The number of hydrogen-bond donors (Lipinski definition) is 1. The van der Waals surface area contributed by atoms with Crippen LogP contribution in [0.4, 0.5) is 0 Å². The fourth-order valence-electron chi connectivity index (χ4n) is 1.86. The molecule has 1 atom stereocenters. The van der Waals surface area contributed by atoms with Crippen molar-refractivity contribution < 1.29 is 19.4 Å². The van der Waals surface area contributed by atoms with Crippen LogP contribution in [0.15, 0.2) is 11.8 Å². The Hall–Kier alpha value is -1.36. The number of amides is 1. The molecule has 2 heterocycles. The van der Waals surface area contributed by atoms with Gasteiger partial charge in [-0.1, -0.05) is 0 Å². The van der Waals surface area contributed by atoms with Gasteiger partial charge in [-0.25, -0.2) is 4.79 Å². The smallest absolute Gasteiger partial charge is 0.333 e. The third kappa shape index (κ3) is 2.18. The molecule has 82 valence electrons. The number of ether oxygens (including phenoxy) is 1. The second-order valence-electron chi connectivity index (χ2n) is 3.82. The van der Waals surface area contributed by atoms with E-state index in [0.29, 0.717) is 6.54 Å². The van der Waals surface area contributed by atoms with E-state index >= 15 is 0 Å². The molecule has 2 rings (SSSR count). The molecule has 0 saturated carbocycles. The normalized spacial score (nSPS) is 25.9. The minimum atomic E-state index is -1.02. The van der Waals surface area contributed by atoms with Crippen LogP contribution in [-0.2, 0) is 14.3 Å². The highest BCUT2D eigenvalue weighted by Gasteiger charge is 2.28. The molecule has 2 aliphatic rings. The number of rotatable bonds is 3. The van der Waals surface area contributed by atoms with Gasteiger partial charge >= 0.3 is 5.97 Å². The summed E-state index contributed by atoms with van der Waals surface area (Å²) in [5.74, 6) is -1.17. The molecule has 0 bridgehead atoms. The van der Waals surface area contributed by atoms with Gasteiger partial charge in [0.1, 0.15) is 0 Å². The number of aliphatic carboxylic acids is 1. The van der Waals surface area contributed by atoms with Crippen LogP contribution in [-0.4, -0.2) is 41.1 Å². The van der Waals surface area contributed by atoms with Crippen LogP contribution in [0.2, 0.25) is 0 Å². The maximum atomic E-state index is 11.4. The Kier molecular flexibility index (Phi) is 2.73. The van der Waals surface area contributed by atoms with Crippen molar-refractivity contribution in [3.63, 3.8) is 0 Å². The summed E-state index contributed by atoms with van der Waals surface area (Å²) in [5.41, 5.74) is 0.165. The molecule has 1 saturated heterocycles. The Morgan fingerprint density at radius 3 is 3.00 bits per heavy atom. The van der Waals surface area contributed by atoms with Gasteiger partial charge in [-0.15, -0.1) is 0 Å². The molecule has 2 aliphatic heterocycles. The van der Waals surface area contributed by atoms with Crippen LogP contribution in [0.25, 0.3) is 0 Å². The van der Waals surface area contributed by atoms with Gasteiger partial charge in [0.15, 0.2) is 0 Å². The second kappa shape index (κ2) is 4.02. The van der Waals surface area contributed by atoms with E-state index in [1.807, 2.05) is 0 Å². The summed E-state index contributed by atoms with van der Waals surface area (Å²) in [7, 11) is 0. The zero-order chi connectivity index (χ0) is 10.8. The molecule has 5 nitrogen and oxygen atoms in total. The van der Waals surface area contributed by atoms with Crippen LogP contribution < -0.4 is 0 Å². The number of hydrogen-bond acceptors (Lipinski definition) is 3. The van der Waals surface area contributed by atoms with E-state index in [2.05, 4.69) is 0 Å². The molecule has 1 N–H and O–H groups in total. The third-order valence-electron chi connectivity index (χ3n) is 2.67. The van der Waals surface area contributed by atoms with Gasteiger partial charge in [-0.3, -0.25) is 4.79 Å². The number of carbonyl (C=O) groups is 2. The van der Waals surface area contributed by atoms with E-state index in [1.54, 1.807) is 0 Å². The standard InChI is InChI=1S/C10H13NO4/c12-9-4-7(10(13)14)5-11(9)6-8-2-1-3-15-8/h5,8H,1-4,6H2,(H,13,14). The van der Waals surface area contributed by atoms with Crippen LogP contribution in [0, 0.1) is 0 Å². The fourth-order valence-corrected chi connectivity index (χ4v) is 1.86. The van der Waals surface area contributed by atoms with Gasteiger partial charge < -0.3 is 14.7 Å². The number of carboxylic acid groups (broad SMARTS) is 1. The average molecular weight is 211 g/mol. The summed E-state index contributed by atoms with van der Waals surface area (Å²) < 4.78 is 5.39. The van der Waals surface area contributed by atoms with Crippen LogP contribution in [0.5, 0.6) is 0 Å². The number of nitrogens with zero attached hydrogens (tertiary/aromatic N) is 1. The van der Waals surface area contributed by atoms with Crippen LogP contribution in [0.3, 0.4) is 0 Å². The van der Waals surface area contributed by atoms with Gasteiger partial charge in [-0.2, -0.15) is 0 Å². The van der Waals surface area contributed by atoms with E-state index in [-0.39, 0.29) is 24.0 Å². The highest BCUT2D eigenvalue weighted by molar-refractivity contribution is 5.97. The third-order valence-corrected chi connectivity index (χ3v) is 2.67. The van der Waals surface area contributed by atoms with Crippen molar-refractivity contribution in [2.24, 2.45) is 0 Å². The lowest BCUT2D eigenvalue weighted by Crippen LogP contribution is -2.30. The average Bonchev–Trinajstić information content (AvgIpc) is 2.77. The fraction of sp³-hybridized carbons (Fsp3) is 0.600. The predicted molar refractivity (Wildman–Crippen MR) is 51.0 cm³/mol. The zero-order valence-electron chi connectivity index (χ0n) is 8.31. The molecule has 0 aromatic carbocycles. The Morgan fingerprint density at radius 2 is 2.47 bits per heavy atom. The lowest BCUT2D eigenvalue weighted by Gasteiger charge is -2.17. The molecule has 1 amide bonds. The van der Waals surface area contributed by atoms with Gasteiger partial charge in [0.25, 0.3) is 0 Å². The van der Waals surface area contributed by atoms with E-state index in [4.69, 9.17) is 9.84 Å². The van der Waals surface area contributed by atoms with Gasteiger partial charge in [0.05, 0.1) is 24.6 Å². The van der Waals surface area contributed by atoms with Crippen LogP contribution in [0.1, 0.15) is 19.3 Å². The predicted octanol–water partition coefficient (Wildman–Crippen LogP) is 0.366. The highest BCUT2D eigenvalue weighted by Crippen LogP contribution is 2.20. The Balaban J connectivity index is 1.96. The summed E-state index contributed by atoms with van der Waals surface area (Å²) >= 11 is 0. The first kappa shape index (κ1) is 10.2. The summed E-state index contributed by atoms with van der Waals surface area (Å²) in [6.07, 6.45) is 3.45. The summed E-state index contributed by atoms with van der Waals surface area (Å²) in [6.45, 7) is 1.22. The van der Waals surface area contributed by atoms with E-state index in [1.165, 1.54) is 11.1 Å². The van der Waals surface area contributed by atoms with Crippen molar-refractivity contribution in [1.82, 2.24) is 4.90 Å². The zero-order valence-corrected chi connectivity index (χ0v) is 8.31. The summed E-state index contributed by atoms with van der Waals surface area (Å²) in [5, 5.41) is 8.73. The maximum absolute atomic E-state index is 11.4. The first-order valence-electron chi connectivity index (χ1n) is 5.02. The topological polar surface area (TPSA) is 66.8 Å². The van der Waals surface area contributed by atoms with Gasteiger partial charge in [-0.05, 0) is 12.8 Å². The SMILES string of the molecule is O=C(O)C1=CN(CC2CCCO2)C(=O)C1. The minimum absolute atomic E-state index is 0.00204. The molecule has 0 radical (unpaired) electrons. The lowest BCUT2D eigenvalue weighted by molar-refractivity contribution is -0.134. The Bertz CT molecular complexity index is 317. The van der Waals surface area contributed by atoms with Crippen molar-refractivity contribution in [2.45, 2.75) is 25.4 Å². The van der Waals surface area contributed by atoms with Crippen LogP contribution >= 0.6 is 0 Å². The molecule has 0 aromatic heterocycles. The van der Waals surface area contributed by atoms with Crippen molar-refractivity contribution in [3.05, 3.63) is 11.8 Å². The molecule has 5 heteroatoms. The van der Waals surface area contributed by atoms with Crippen molar-refractivity contribution in [1.29, 1.82) is 0 Å². The molecular weight excluding hydrogens is 198 g/mol. The summed E-state index contributed by atoms with van der Waals surface area (Å²) in [4.78, 5) is 23.5. The Labute approximate surface area is 87.3 Å². The minimum Gasteiger partial charge on any atom is -0.478 e. The lowest BCUT2D eigenvalue weighted by atomic mass is 10.2. The van der Waals surface area contributed by atoms with Gasteiger partial charge in [0, 0.05) is 12.8 Å². The molecular formula is C10H13NO4.